The van der Waals surface area contributed by atoms with Crippen molar-refractivity contribution in [1.82, 2.24) is 10.0 Å². The predicted molar refractivity (Wildman–Crippen MR) is 131 cm³/mol. The summed E-state index contributed by atoms with van der Waals surface area (Å²) in [6.07, 6.45) is 0.639. The highest BCUT2D eigenvalue weighted by molar-refractivity contribution is 7.89. The summed E-state index contributed by atoms with van der Waals surface area (Å²) in [4.78, 5) is 12.7. The van der Waals surface area contributed by atoms with Gasteiger partial charge in [-0.05, 0) is 54.3 Å². The molecular weight excluding hydrogens is 452 g/mol. The van der Waals surface area contributed by atoms with E-state index in [1.165, 1.54) is 19.2 Å². The monoisotopic (exact) mass is 482 g/mol. The largest absolute Gasteiger partial charge is 0.489 e. The Balaban J connectivity index is 1.52. The lowest BCUT2D eigenvalue weighted by Gasteiger charge is -2.11. The number of ether oxygens (including phenoxy) is 2. The van der Waals surface area contributed by atoms with Crippen molar-refractivity contribution < 1.29 is 22.7 Å². The first-order chi connectivity index (χ1) is 16.4. The van der Waals surface area contributed by atoms with Crippen LogP contribution in [0, 0.1) is 6.92 Å². The summed E-state index contributed by atoms with van der Waals surface area (Å²) in [5.74, 6) is 0.471. The van der Waals surface area contributed by atoms with Gasteiger partial charge in [-0.1, -0.05) is 48.5 Å². The van der Waals surface area contributed by atoms with Crippen molar-refractivity contribution >= 4 is 15.9 Å². The van der Waals surface area contributed by atoms with E-state index in [-0.39, 0.29) is 24.0 Å². The molecule has 0 aliphatic heterocycles. The van der Waals surface area contributed by atoms with Crippen LogP contribution in [0.25, 0.3) is 0 Å². The molecule has 0 saturated carbocycles. The Bertz CT molecular complexity index is 1180. The smallest absolute Gasteiger partial charge is 0.251 e. The van der Waals surface area contributed by atoms with E-state index in [0.29, 0.717) is 30.7 Å². The quantitative estimate of drug-likeness (QED) is 0.386. The first kappa shape index (κ1) is 25.4. The number of benzene rings is 3. The van der Waals surface area contributed by atoms with Crippen molar-refractivity contribution in [3.05, 3.63) is 95.1 Å². The third kappa shape index (κ3) is 7.41. The first-order valence-corrected chi connectivity index (χ1v) is 12.5. The molecule has 0 aliphatic rings. The number of nitrogens with one attached hydrogen (secondary N) is 2. The van der Waals surface area contributed by atoms with Crippen molar-refractivity contribution in [3.63, 3.8) is 0 Å². The van der Waals surface area contributed by atoms with Crippen LogP contribution >= 0.6 is 0 Å². The highest BCUT2D eigenvalue weighted by Crippen LogP contribution is 2.17. The Hall–Kier alpha value is -3.20. The highest BCUT2D eigenvalue weighted by Gasteiger charge is 2.17. The van der Waals surface area contributed by atoms with Crippen LogP contribution in [0.2, 0.25) is 0 Å². The minimum atomic E-state index is -3.72. The molecule has 3 rings (SSSR count). The van der Waals surface area contributed by atoms with E-state index in [2.05, 4.69) is 10.0 Å². The lowest BCUT2D eigenvalue weighted by Crippen LogP contribution is -2.29. The average molecular weight is 483 g/mol. The average Bonchev–Trinajstić information content (AvgIpc) is 2.84. The second kappa shape index (κ2) is 12.3. The van der Waals surface area contributed by atoms with Crippen LogP contribution in [0.1, 0.15) is 27.0 Å². The van der Waals surface area contributed by atoms with Crippen LogP contribution in [0.15, 0.2) is 77.7 Å². The van der Waals surface area contributed by atoms with E-state index in [0.717, 1.165) is 16.9 Å². The zero-order valence-electron chi connectivity index (χ0n) is 19.4. The van der Waals surface area contributed by atoms with Gasteiger partial charge in [-0.15, -0.1) is 0 Å². The number of hydrogen-bond donors (Lipinski definition) is 2. The van der Waals surface area contributed by atoms with Crippen LogP contribution in [0.3, 0.4) is 0 Å². The Morgan fingerprint density at radius 2 is 1.65 bits per heavy atom. The molecule has 0 fully saturated rings. The van der Waals surface area contributed by atoms with Gasteiger partial charge in [0.2, 0.25) is 10.0 Å². The first-order valence-electron chi connectivity index (χ1n) is 11.0. The van der Waals surface area contributed by atoms with Gasteiger partial charge in [0.25, 0.3) is 5.91 Å². The van der Waals surface area contributed by atoms with Gasteiger partial charge in [0, 0.05) is 25.8 Å². The topological polar surface area (TPSA) is 93.7 Å². The van der Waals surface area contributed by atoms with Gasteiger partial charge in [-0.25, -0.2) is 13.1 Å². The second-order valence-electron chi connectivity index (χ2n) is 7.79. The van der Waals surface area contributed by atoms with Gasteiger partial charge in [-0.2, -0.15) is 0 Å². The Labute approximate surface area is 201 Å². The Morgan fingerprint density at radius 3 is 2.35 bits per heavy atom. The SMILES string of the molecule is COCCNS(=O)(=O)c1ccc(C)c(C(=O)NCCc2ccc(OCc3ccccc3)cc2)c1. The maximum absolute atomic E-state index is 12.7. The van der Waals surface area contributed by atoms with Gasteiger partial charge in [0.05, 0.1) is 11.5 Å². The Morgan fingerprint density at radius 1 is 0.912 bits per heavy atom. The molecule has 0 heterocycles. The van der Waals surface area contributed by atoms with Gasteiger partial charge >= 0.3 is 0 Å². The molecule has 8 heteroatoms. The molecule has 3 aromatic rings. The lowest BCUT2D eigenvalue weighted by atomic mass is 10.1. The molecule has 1 amide bonds. The Kier molecular flexibility index (Phi) is 9.21. The van der Waals surface area contributed by atoms with E-state index in [4.69, 9.17) is 9.47 Å². The molecule has 0 atom stereocenters. The molecule has 0 unspecified atom stereocenters. The van der Waals surface area contributed by atoms with Crippen LogP contribution in [-0.2, 0) is 27.8 Å². The van der Waals surface area contributed by atoms with Crippen molar-refractivity contribution in [2.75, 3.05) is 26.8 Å². The second-order valence-corrected chi connectivity index (χ2v) is 9.56. The number of rotatable bonds is 12. The standard InChI is InChI=1S/C26H30N2O5S/c1-20-8-13-24(34(30,31)28-16-17-32-2)18-25(20)26(29)27-15-14-21-9-11-23(12-10-21)33-19-22-6-4-3-5-7-22/h3-13,18,28H,14-17,19H2,1-2H3,(H,27,29). The molecule has 0 radical (unpaired) electrons. The maximum atomic E-state index is 12.7. The van der Waals surface area contributed by atoms with E-state index in [1.807, 2.05) is 54.6 Å². The molecule has 0 saturated heterocycles. The highest BCUT2D eigenvalue weighted by atomic mass is 32.2. The molecule has 0 bridgehead atoms. The molecule has 2 N–H and O–H groups in total. The fourth-order valence-electron chi connectivity index (χ4n) is 3.28. The molecule has 0 aromatic heterocycles. The van der Waals surface area contributed by atoms with E-state index in [9.17, 15) is 13.2 Å². The van der Waals surface area contributed by atoms with Gasteiger partial charge < -0.3 is 14.8 Å². The van der Waals surface area contributed by atoms with Crippen LogP contribution < -0.4 is 14.8 Å². The molecular formula is C26H30N2O5S. The summed E-state index contributed by atoms with van der Waals surface area (Å²) in [5, 5.41) is 2.88. The van der Waals surface area contributed by atoms with Gasteiger partial charge in [-0.3, -0.25) is 4.79 Å². The predicted octanol–water partition coefficient (Wildman–Crippen LogP) is 3.47. The molecule has 3 aromatic carbocycles. The number of amides is 1. The summed E-state index contributed by atoms with van der Waals surface area (Å²) in [6.45, 7) is 3.12. The summed E-state index contributed by atoms with van der Waals surface area (Å²) < 4.78 is 38.0. The zero-order valence-corrected chi connectivity index (χ0v) is 20.2. The molecule has 0 aliphatic carbocycles. The maximum Gasteiger partial charge on any atom is 0.251 e. The van der Waals surface area contributed by atoms with E-state index >= 15 is 0 Å². The number of aryl methyl sites for hydroxylation is 1. The third-order valence-electron chi connectivity index (χ3n) is 5.23. The number of methoxy groups -OCH3 is 1. The summed E-state index contributed by atoms with van der Waals surface area (Å²) in [7, 11) is -2.22. The number of carbonyl (C=O) groups excluding carboxylic acids is 1. The van der Waals surface area contributed by atoms with Crippen molar-refractivity contribution in [2.24, 2.45) is 0 Å². The minimum Gasteiger partial charge on any atom is -0.489 e. The van der Waals surface area contributed by atoms with Crippen molar-refractivity contribution in [3.8, 4) is 5.75 Å². The minimum absolute atomic E-state index is 0.0467. The third-order valence-corrected chi connectivity index (χ3v) is 6.69. The lowest BCUT2D eigenvalue weighted by molar-refractivity contribution is 0.0953. The summed E-state index contributed by atoms with van der Waals surface area (Å²) in [6, 6.07) is 22.2. The fraction of sp³-hybridized carbons (Fsp3) is 0.269. The molecule has 180 valence electrons. The van der Waals surface area contributed by atoms with Gasteiger partial charge in [0.1, 0.15) is 12.4 Å². The van der Waals surface area contributed by atoms with Crippen LogP contribution in [0.5, 0.6) is 5.75 Å². The summed E-state index contributed by atoms with van der Waals surface area (Å²) in [5.41, 5.74) is 3.20. The number of hydrogen-bond acceptors (Lipinski definition) is 5. The van der Waals surface area contributed by atoms with Crippen LogP contribution in [0.4, 0.5) is 0 Å². The fourth-order valence-corrected chi connectivity index (χ4v) is 4.32. The molecule has 34 heavy (non-hydrogen) atoms. The van der Waals surface area contributed by atoms with Gasteiger partial charge in [0.15, 0.2) is 0 Å². The molecule has 0 spiro atoms. The van der Waals surface area contributed by atoms with E-state index in [1.54, 1.807) is 13.0 Å². The molecule has 7 nitrogen and oxygen atoms in total. The zero-order chi connectivity index (χ0) is 24.4. The number of sulfonamides is 1. The summed E-state index contributed by atoms with van der Waals surface area (Å²) >= 11 is 0. The number of carbonyl (C=O) groups is 1. The van der Waals surface area contributed by atoms with Crippen LogP contribution in [-0.4, -0.2) is 41.1 Å². The van der Waals surface area contributed by atoms with E-state index < -0.39 is 10.0 Å². The van der Waals surface area contributed by atoms with Crippen molar-refractivity contribution in [2.45, 2.75) is 24.8 Å². The van der Waals surface area contributed by atoms with Crippen molar-refractivity contribution in [1.29, 1.82) is 0 Å². The normalized spacial score (nSPS) is 11.2.